The number of aryl methyl sites for hydroxylation is 1. The van der Waals surface area contributed by atoms with Crippen LogP contribution >= 0.6 is 0 Å². The molecule has 0 aromatic heterocycles. The maximum absolute atomic E-state index is 12.8. The van der Waals surface area contributed by atoms with E-state index in [0.717, 1.165) is 23.2 Å². The van der Waals surface area contributed by atoms with Crippen LogP contribution in [0.4, 0.5) is 11.4 Å². The van der Waals surface area contributed by atoms with Gasteiger partial charge in [0, 0.05) is 16.9 Å². The van der Waals surface area contributed by atoms with Gasteiger partial charge >= 0.3 is 0 Å². The van der Waals surface area contributed by atoms with Crippen LogP contribution in [0.2, 0.25) is 0 Å². The van der Waals surface area contributed by atoms with Gasteiger partial charge in [0.05, 0.1) is 5.92 Å². The van der Waals surface area contributed by atoms with Gasteiger partial charge in [-0.3, -0.25) is 9.59 Å². The second-order valence-corrected chi connectivity index (χ2v) is 8.45. The molecule has 31 heavy (non-hydrogen) atoms. The zero-order valence-corrected chi connectivity index (χ0v) is 18.6. The monoisotopic (exact) mass is 414 g/mol. The van der Waals surface area contributed by atoms with Gasteiger partial charge in [0.25, 0.3) is 5.91 Å². The quantitative estimate of drug-likeness (QED) is 0.484. The fourth-order valence-corrected chi connectivity index (χ4v) is 3.48. The minimum absolute atomic E-state index is 0.104. The predicted octanol–water partition coefficient (Wildman–Crippen LogP) is 6.19. The molecule has 0 aliphatic heterocycles. The Bertz CT molecular complexity index is 1050. The summed E-state index contributed by atoms with van der Waals surface area (Å²) in [5.41, 5.74) is 5.16. The fourth-order valence-electron chi connectivity index (χ4n) is 3.48. The van der Waals surface area contributed by atoms with E-state index >= 15 is 0 Å². The highest BCUT2D eigenvalue weighted by Crippen LogP contribution is 2.21. The Morgan fingerprint density at radius 2 is 1.45 bits per heavy atom. The van der Waals surface area contributed by atoms with Crippen molar-refractivity contribution in [3.8, 4) is 0 Å². The Morgan fingerprint density at radius 1 is 0.806 bits per heavy atom. The number of benzene rings is 3. The van der Waals surface area contributed by atoms with E-state index < -0.39 is 0 Å². The van der Waals surface area contributed by atoms with E-state index in [9.17, 15) is 9.59 Å². The van der Waals surface area contributed by atoms with Crippen molar-refractivity contribution in [3.63, 3.8) is 0 Å². The van der Waals surface area contributed by atoms with E-state index in [1.807, 2.05) is 50.2 Å². The summed E-state index contributed by atoms with van der Waals surface area (Å²) < 4.78 is 0. The Kier molecular flexibility index (Phi) is 7.24. The molecular formula is C27H30N2O2. The van der Waals surface area contributed by atoms with Crippen molar-refractivity contribution in [2.75, 3.05) is 10.6 Å². The summed E-state index contributed by atoms with van der Waals surface area (Å²) in [7, 11) is 0. The van der Waals surface area contributed by atoms with E-state index in [2.05, 4.69) is 36.6 Å². The van der Waals surface area contributed by atoms with Gasteiger partial charge in [-0.1, -0.05) is 56.3 Å². The van der Waals surface area contributed by atoms with Crippen LogP contribution in [-0.4, -0.2) is 11.8 Å². The van der Waals surface area contributed by atoms with E-state index in [-0.39, 0.29) is 17.7 Å². The molecule has 1 atom stereocenters. The van der Waals surface area contributed by atoms with E-state index in [0.29, 0.717) is 17.2 Å². The van der Waals surface area contributed by atoms with Crippen molar-refractivity contribution in [3.05, 3.63) is 95.1 Å². The van der Waals surface area contributed by atoms with Crippen molar-refractivity contribution in [1.82, 2.24) is 0 Å². The molecule has 0 saturated carbocycles. The third-order valence-corrected chi connectivity index (χ3v) is 5.19. The first kappa shape index (κ1) is 22.3. The average molecular weight is 415 g/mol. The molecule has 2 amide bonds. The second kappa shape index (κ2) is 10.1. The van der Waals surface area contributed by atoms with Crippen LogP contribution in [0, 0.1) is 12.8 Å². The molecule has 160 valence electrons. The van der Waals surface area contributed by atoms with Crippen molar-refractivity contribution in [1.29, 1.82) is 0 Å². The largest absolute Gasteiger partial charge is 0.326 e. The Morgan fingerprint density at radius 3 is 2.10 bits per heavy atom. The normalized spacial score (nSPS) is 11.8. The summed E-state index contributed by atoms with van der Waals surface area (Å²) >= 11 is 0. The first-order valence-electron chi connectivity index (χ1n) is 10.7. The lowest BCUT2D eigenvalue weighted by atomic mass is 9.96. The highest BCUT2D eigenvalue weighted by molar-refractivity contribution is 6.05. The number of hydrogen-bond acceptors (Lipinski definition) is 2. The van der Waals surface area contributed by atoms with Gasteiger partial charge in [0.1, 0.15) is 0 Å². The van der Waals surface area contributed by atoms with Gasteiger partial charge in [0.2, 0.25) is 5.91 Å². The fraction of sp³-hybridized carbons (Fsp3) is 0.259. The number of carbonyl (C=O) groups excluding carboxylic acids is 2. The van der Waals surface area contributed by atoms with Gasteiger partial charge in [0.15, 0.2) is 0 Å². The molecule has 0 heterocycles. The topological polar surface area (TPSA) is 58.2 Å². The first-order chi connectivity index (χ1) is 14.8. The standard InChI is InChI=1S/C27H30N2O2/c1-18(2)15-21-11-13-22(14-12-21)20(4)26(30)28-25-10-6-8-23(17-25)27(31)29-24-9-5-7-19(3)16-24/h5-14,16-18,20H,15H2,1-4H3,(H,28,30)(H,29,31). The van der Waals surface area contributed by atoms with Crippen LogP contribution in [0.1, 0.15) is 53.7 Å². The number of hydrogen-bond donors (Lipinski definition) is 2. The summed E-state index contributed by atoms with van der Waals surface area (Å²) in [6, 6.07) is 22.9. The Labute approximate surface area is 184 Å². The molecule has 3 aromatic carbocycles. The van der Waals surface area contributed by atoms with E-state index in [1.54, 1.807) is 24.3 Å². The van der Waals surface area contributed by atoms with Crippen LogP contribution in [0.3, 0.4) is 0 Å². The Hall–Kier alpha value is -3.40. The Balaban J connectivity index is 1.65. The van der Waals surface area contributed by atoms with Gasteiger partial charge in [-0.2, -0.15) is 0 Å². The van der Waals surface area contributed by atoms with Crippen molar-refractivity contribution in [2.24, 2.45) is 5.92 Å². The zero-order valence-electron chi connectivity index (χ0n) is 18.6. The highest BCUT2D eigenvalue weighted by Gasteiger charge is 2.16. The molecule has 0 bridgehead atoms. The summed E-state index contributed by atoms with van der Waals surface area (Å²) in [6.45, 7) is 8.25. The van der Waals surface area contributed by atoms with Crippen LogP contribution in [0.5, 0.6) is 0 Å². The predicted molar refractivity (Wildman–Crippen MR) is 128 cm³/mol. The van der Waals surface area contributed by atoms with Crippen LogP contribution in [0.25, 0.3) is 0 Å². The lowest BCUT2D eigenvalue weighted by molar-refractivity contribution is -0.117. The molecule has 0 aliphatic carbocycles. The van der Waals surface area contributed by atoms with E-state index in [1.165, 1.54) is 5.56 Å². The maximum Gasteiger partial charge on any atom is 0.255 e. The molecule has 3 aromatic rings. The number of nitrogens with one attached hydrogen (secondary N) is 2. The molecule has 2 N–H and O–H groups in total. The van der Waals surface area contributed by atoms with Crippen molar-refractivity contribution < 1.29 is 9.59 Å². The lowest BCUT2D eigenvalue weighted by Crippen LogP contribution is -2.19. The molecule has 0 fully saturated rings. The molecule has 1 unspecified atom stereocenters. The minimum Gasteiger partial charge on any atom is -0.326 e. The molecule has 4 nitrogen and oxygen atoms in total. The molecule has 3 rings (SSSR count). The third-order valence-electron chi connectivity index (χ3n) is 5.19. The van der Waals surface area contributed by atoms with Crippen molar-refractivity contribution in [2.45, 2.75) is 40.0 Å². The van der Waals surface area contributed by atoms with Gasteiger partial charge in [-0.15, -0.1) is 0 Å². The van der Waals surface area contributed by atoms with Crippen LogP contribution in [0.15, 0.2) is 72.8 Å². The van der Waals surface area contributed by atoms with E-state index in [4.69, 9.17) is 0 Å². The number of carbonyl (C=O) groups is 2. The van der Waals surface area contributed by atoms with Crippen molar-refractivity contribution >= 4 is 23.2 Å². The number of anilines is 2. The average Bonchev–Trinajstić information content (AvgIpc) is 2.73. The smallest absolute Gasteiger partial charge is 0.255 e. The number of amides is 2. The second-order valence-electron chi connectivity index (χ2n) is 8.45. The summed E-state index contributed by atoms with van der Waals surface area (Å²) in [6.07, 6.45) is 1.03. The molecule has 0 spiro atoms. The van der Waals surface area contributed by atoms with Gasteiger partial charge in [-0.25, -0.2) is 0 Å². The SMILES string of the molecule is Cc1cccc(NC(=O)c2cccc(NC(=O)C(C)c3ccc(CC(C)C)cc3)c2)c1. The lowest BCUT2D eigenvalue weighted by Gasteiger charge is -2.14. The molecular weight excluding hydrogens is 384 g/mol. The first-order valence-corrected chi connectivity index (χ1v) is 10.7. The van der Waals surface area contributed by atoms with Crippen LogP contribution in [-0.2, 0) is 11.2 Å². The van der Waals surface area contributed by atoms with Gasteiger partial charge in [-0.05, 0) is 73.2 Å². The van der Waals surface area contributed by atoms with Crippen LogP contribution < -0.4 is 10.6 Å². The maximum atomic E-state index is 12.8. The highest BCUT2D eigenvalue weighted by atomic mass is 16.2. The molecule has 0 aliphatic rings. The minimum atomic E-state index is -0.294. The molecule has 0 radical (unpaired) electrons. The number of rotatable bonds is 7. The third kappa shape index (κ3) is 6.29. The summed E-state index contributed by atoms with van der Waals surface area (Å²) in [5, 5.41) is 5.83. The summed E-state index contributed by atoms with van der Waals surface area (Å²) in [4.78, 5) is 25.4. The summed E-state index contributed by atoms with van der Waals surface area (Å²) in [5.74, 6) is -0.0109. The zero-order chi connectivity index (χ0) is 22.4. The van der Waals surface area contributed by atoms with Gasteiger partial charge < -0.3 is 10.6 Å². The molecule has 0 saturated heterocycles. The molecule has 4 heteroatoms.